The Morgan fingerprint density at radius 1 is 0.765 bits per heavy atom. The molecule has 0 saturated heterocycles. The van der Waals surface area contributed by atoms with Crippen LogP contribution < -0.4 is 16.0 Å². The van der Waals surface area contributed by atoms with Gasteiger partial charge in [0.15, 0.2) is 0 Å². The molecule has 0 aliphatic carbocycles. The number of carbonyl (C=O) groups is 3. The number of H-pyrrole nitrogens is 1. The lowest BCUT2D eigenvalue weighted by molar-refractivity contribution is -0.122. The van der Waals surface area contributed by atoms with Gasteiger partial charge in [-0.05, 0) is 92.4 Å². The molecule has 3 amide bonds. The quantitative estimate of drug-likeness (QED) is 0.101. The van der Waals surface area contributed by atoms with Crippen molar-refractivity contribution in [2.45, 2.75) is 71.4 Å². The minimum absolute atomic E-state index is 0.0339. The van der Waals surface area contributed by atoms with Gasteiger partial charge in [0, 0.05) is 49.2 Å². The molecular weight excluding hydrogens is 650 g/mol. The standard InChI is InChI=1S/C22H24FN3O2.C18H18FN3O/c1-3-7-20(27)26-22-18(9-6-15-24-22)8-4-5-10-21(28)25-16(2)17-11-13-19(23)14-12-17;1-12(13-4-6-15(19)7-5-13)21-17(23)9-8-16-11-14-3-2-10-20-18(14)22-16/h6,9,11-16H,3,5,7,10H2,1-2H3,(H,25,28)(H,24,26,27);2-7,10-12H,8-9H2,1H3,(H,20,22)(H,21,23)/t16-;12-/m00/s1. The monoisotopic (exact) mass is 692 g/mol. The number of hydrogen-bond donors (Lipinski definition) is 4. The number of amides is 3. The van der Waals surface area contributed by atoms with Crippen molar-refractivity contribution in [2.75, 3.05) is 5.32 Å². The molecule has 0 radical (unpaired) electrons. The molecule has 9 nitrogen and oxygen atoms in total. The summed E-state index contributed by atoms with van der Waals surface area (Å²) in [6, 6.07) is 21.3. The minimum atomic E-state index is -0.307. The molecule has 0 aliphatic rings. The lowest BCUT2D eigenvalue weighted by Gasteiger charge is -2.14. The number of carbonyl (C=O) groups excluding carboxylic acids is 3. The molecule has 3 heterocycles. The average molecular weight is 693 g/mol. The molecule has 0 fully saturated rings. The van der Waals surface area contributed by atoms with Gasteiger partial charge in [0.1, 0.15) is 23.1 Å². The second-order valence-corrected chi connectivity index (χ2v) is 11.9. The summed E-state index contributed by atoms with van der Waals surface area (Å²) in [5.74, 6) is 5.49. The number of rotatable bonds is 12. The third-order valence-electron chi connectivity index (χ3n) is 7.81. The molecular formula is C40H42F2N6O3. The van der Waals surface area contributed by atoms with E-state index in [1.165, 1.54) is 24.3 Å². The zero-order valence-electron chi connectivity index (χ0n) is 28.9. The normalized spacial score (nSPS) is 11.6. The molecule has 0 unspecified atom stereocenters. The maximum absolute atomic E-state index is 13.0. The lowest BCUT2D eigenvalue weighted by atomic mass is 10.1. The number of nitrogens with zero attached hydrogens (tertiary/aromatic N) is 2. The molecule has 51 heavy (non-hydrogen) atoms. The highest BCUT2D eigenvalue weighted by Gasteiger charge is 2.12. The molecule has 3 aromatic heterocycles. The number of hydrogen-bond acceptors (Lipinski definition) is 5. The first kappa shape index (κ1) is 37.9. The zero-order valence-corrected chi connectivity index (χ0v) is 28.9. The highest BCUT2D eigenvalue weighted by Crippen LogP contribution is 2.16. The van der Waals surface area contributed by atoms with E-state index in [0.717, 1.165) is 34.3 Å². The van der Waals surface area contributed by atoms with Crippen LogP contribution in [0, 0.1) is 23.5 Å². The number of anilines is 1. The van der Waals surface area contributed by atoms with Gasteiger partial charge in [-0.1, -0.05) is 43.0 Å². The fourth-order valence-corrected chi connectivity index (χ4v) is 5.06. The van der Waals surface area contributed by atoms with E-state index < -0.39 is 0 Å². The summed E-state index contributed by atoms with van der Waals surface area (Å²) >= 11 is 0. The van der Waals surface area contributed by atoms with E-state index in [1.807, 2.05) is 39.0 Å². The van der Waals surface area contributed by atoms with Crippen LogP contribution in [-0.2, 0) is 20.8 Å². The molecule has 4 N–H and O–H groups in total. The van der Waals surface area contributed by atoms with Gasteiger partial charge >= 0.3 is 0 Å². The Bertz CT molecular complexity index is 1930. The maximum Gasteiger partial charge on any atom is 0.225 e. The fourth-order valence-electron chi connectivity index (χ4n) is 5.06. The molecule has 0 aliphatic heterocycles. The van der Waals surface area contributed by atoms with E-state index in [9.17, 15) is 23.2 Å². The van der Waals surface area contributed by atoms with E-state index in [1.54, 1.807) is 48.8 Å². The largest absolute Gasteiger partial charge is 0.350 e. The van der Waals surface area contributed by atoms with Gasteiger partial charge < -0.3 is 20.9 Å². The topological polar surface area (TPSA) is 129 Å². The molecule has 0 spiro atoms. The van der Waals surface area contributed by atoms with Gasteiger partial charge in [0.05, 0.1) is 17.6 Å². The van der Waals surface area contributed by atoms with Crippen LogP contribution in [0.5, 0.6) is 0 Å². The van der Waals surface area contributed by atoms with Crippen molar-refractivity contribution >= 4 is 34.6 Å². The molecule has 2 aromatic carbocycles. The van der Waals surface area contributed by atoms with Gasteiger partial charge in [-0.15, -0.1) is 0 Å². The van der Waals surface area contributed by atoms with E-state index >= 15 is 0 Å². The molecule has 0 bridgehead atoms. The van der Waals surface area contributed by atoms with Crippen LogP contribution in [0.3, 0.4) is 0 Å². The van der Waals surface area contributed by atoms with E-state index in [4.69, 9.17) is 0 Å². The molecule has 264 valence electrons. The van der Waals surface area contributed by atoms with Crippen LogP contribution >= 0.6 is 0 Å². The number of nitrogens with one attached hydrogen (secondary N) is 4. The summed E-state index contributed by atoms with van der Waals surface area (Å²) in [6.07, 6.45) is 6.14. The Labute approximate surface area is 296 Å². The first-order valence-electron chi connectivity index (χ1n) is 16.9. The molecule has 11 heteroatoms. The summed E-state index contributed by atoms with van der Waals surface area (Å²) in [4.78, 5) is 47.5. The van der Waals surface area contributed by atoms with Gasteiger partial charge in [0.2, 0.25) is 17.7 Å². The van der Waals surface area contributed by atoms with Crippen molar-refractivity contribution in [1.29, 1.82) is 0 Å². The first-order valence-corrected chi connectivity index (χ1v) is 16.9. The predicted molar refractivity (Wildman–Crippen MR) is 194 cm³/mol. The summed E-state index contributed by atoms with van der Waals surface area (Å²) < 4.78 is 25.9. The van der Waals surface area contributed by atoms with Crippen molar-refractivity contribution in [3.8, 4) is 11.8 Å². The molecule has 5 aromatic rings. The van der Waals surface area contributed by atoms with Crippen LogP contribution in [0.1, 0.15) is 87.3 Å². The van der Waals surface area contributed by atoms with Crippen LogP contribution in [0.25, 0.3) is 11.0 Å². The number of halogens is 2. The number of fused-ring (bicyclic) bond motifs is 1. The third kappa shape index (κ3) is 12.5. The fraction of sp³-hybridized carbons (Fsp3) is 0.275. The van der Waals surface area contributed by atoms with E-state index in [-0.39, 0.29) is 47.9 Å². The Morgan fingerprint density at radius 2 is 1.35 bits per heavy atom. The van der Waals surface area contributed by atoms with Crippen molar-refractivity contribution in [1.82, 2.24) is 25.6 Å². The maximum atomic E-state index is 13.0. The lowest BCUT2D eigenvalue weighted by Crippen LogP contribution is -2.26. The van der Waals surface area contributed by atoms with Crippen molar-refractivity contribution in [2.24, 2.45) is 0 Å². The van der Waals surface area contributed by atoms with Crippen LogP contribution in [0.15, 0.2) is 91.3 Å². The van der Waals surface area contributed by atoms with E-state index in [2.05, 4.69) is 42.7 Å². The van der Waals surface area contributed by atoms with Crippen molar-refractivity contribution in [3.05, 3.63) is 125 Å². The zero-order chi connectivity index (χ0) is 36.6. The van der Waals surface area contributed by atoms with Gasteiger partial charge in [-0.2, -0.15) is 0 Å². The van der Waals surface area contributed by atoms with Gasteiger partial charge in [0.25, 0.3) is 0 Å². The highest BCUT2D eigenvalue weighted by molar-refractivity contribution is 5.91. The Kier molecular flexibility index (Phi) is 14.4. The number of pyridine rings is 2. The summed E-state index contributed by atoms with van der Waals surface area (Å²) in [5, 5.41) is 9.59. The number of aryl methyl sites for hydroxylation is 1. The van der Waals surface area contributed by atoms with Gasteiger partial charge in [-0.3, -0.25) is 14.4 Å². The SMILES string of the molecule is CCCC(=O)Nc1ncccc1C#CCCC(=O)N[C@@H](C)c1ccc(F)cc1.C[C@H](NC(=O)CCc1cc2cccnc2[nH]1)c1ccc(F)cc1. The van der Waals surface area contributed by atoms with Gasteiger partial charge in [-0.25, -0.2) is 18.7 Å². The second-order valence-electron chi connectivity index (χ2n) is 11.9. The number of aromatic nitrogens is 3. The first-order chi connectivity index (χ1) is 24.6. The average Bonchev–Trinajstić information content (AvgIpc) is 3.54. The predicted octanol–water partition coefficient (Wildman–Crippen LogP) is 7.48. The van der Waals surface area contributed by atoms with E-state index in [0.29, 0.717) is 37.1 Å². The van der Waals surface area contributed by atoms with Crippen molar-refractivity contribution < 1.29 is 23.2 Å². The molecule has 2 atom stereocenters. The Balaban J connectivity index is 0.000000233. The smallest absolute Gasteiger partial charge is 0.225 e. The Morgan fingerprint density at radius 3 is 1.96 bits per heavy atom. The Hall–Kier alpha value is -5.89. The number of aromatic amines is 1. The molecule has 5 rings (SSSR count). The summed E-state index contributed by atoms with van der Waals surface area (Å²) in [7, 11) is 0. The van der Waals surface area contributed by atoms with Crippen molar-refractivity contribution in [3.63, 3.8) is 0 Å². The van der Waals surface area contributed by atoms with Crippen LogP contribution in [0.4, 0.5) is 14.6 Å². The summed E-state index contributed by atoms with van der Waals surface area (Å²) in [5.41, 5.74) is 4.16. The number of benzene rings is 2. The second kappa shape index (κ2) is 19.3. The summed E-state index contributed by atoms with van der Waals surface area (Å²) in [6.45, 7) is 5.66. The minimum Gasteiger partial charge on any atom is -0.350 e. The van der Waals surface area contributed by atoms with Crippen LogP contribution in [0.2, 0.25) is 0 Å². The third-order valence-corrected chi connectivity index (χ3v) is 7.81. The molecule has 0 saturated carbocycles. The highest BCUT2D eigenvalue weighted by atomic mass is 19.1. The van der Waals surface area contributed by atoms with Crippen LogP contribution in [-0.4, -0.2) is 32.7 Å².